The van der Waals surface area contributed by atoms with Crippen molar-refractivity contribution in [3.8, 4) is 33.4 Å². The van der Waals surface area contributed by atoms with E-state index in [1.807, 2.05) is 48.5 Å². The van der Waals surface area contributed by atoms with Crippen LogP contribution in [0.5, 0.6) is 0 Å². The van der Waals surface area contributed by atoms with Gasteiger partial charge in [-0.3, -0.25) is 6.08 Å². The predicted molar refractivity (Wildman–Crippen MR) is 273 cm³/mol. The number of benzene rings is 6. The van der Waals surface area contributed by atoms with Crippen molar-refractivity contribution in [2.75, 3.05) is 0 Å². The Bertz CT molecular complexity index is 2190. The van der Waals surface area contributed by atoms with Gasteiger partial charge in [-0.25, -0.2) is 6.08 Å². The van der Waals surface area contributed by atoms with Gasteiger partial charge < -0.3 is 0 Å². The van der Waals surface area contributed by atoms with Gasteiger partial charge in [0.25, 0.3) is 0 Å². The molecule has 0 N–H and O–H groups in total. The number of hydrogen-bond donors (Lipinski definition) is 0. The van der Waals surface area contributed by atoms with E-state index >= 15 is 0 Å². The molecule has 8 rings (SSSR count). The molecule has 0 nitrogen and oxygen atoms in total. The van der Waals surface area contributed by atoms with Gasteiger partial charge in [0, 0.05) is 0 Å². The molecule has 0 saturated heterocycles. The van der Waals surface area contributed by atoms with Crippen LogP contribution in [0, 0.1) is 91.0 Å². The molecular formula is C59H68Cl2Zr-4. The van der Waals surface area contributed by atoms with Gasteiger partial charge in [0.2, 0.25) is 0 Å². The van der Waals surface area contributed by atoms with Crippen molar-refractivity contribution < 1.29 is 24.2 Å². The second-order valence-electron chi connectivity index (χ2n) is 17.4. The van der Waals surface area contributed by atoms with E-state index in [4.69, 9.17) is 0 Å². The minimum atomic E-state index is 0. The third-order valence-corrected chi connectivity index (χ3v) is 11.0. The average molecular weight is 939 g/mol. The molecule has 3 heteroatoms. The summed E-state index contributed by atoms with van der Waals surface area (Å²) in [7, 11) is 0. The van der Waals surface area contributed by atoms with Crippen LogP contribution < -0.4 is 0 Å². The topological polar surface area (TPSA) is 0 Å². The summed E-state index contributed by atoms with van der Waals surface area (Å²) in [6.07, 6.45) is 12.8. The van der Waals surface area contributed by atoms with Gasteiger partial charge in [-0.15, -0.1) is 54.1 Å². The third kappa shape index (κ3) is 15.4. The van der Waals surface area contributed by atoms with Crippen molar-refractivity contribution >= 4 is 29.0 Å². The summed E-state index contributed by atoms with van der Waals surface area (Å²) >= 11 is 1.30. The maximum absolute atomic E-state index is 3.78. The molecule has 62 heavy (non-hydrogen) atoms. The Kier molecular flexibility index (Phi) is 22.8. The number of allylic oxidation sites excluding steroid dienone is 4. The van der Waals surface area contributed by atoms with Crippen LogP contribution in [0.4, 0.5) is 0 Å². The number of halogens is 2. The van der Waals surface area contributed by atoms with Crippen molar-refractivity contribution in [1.82, 2.24) is 0 Å². The molecule has 6 aromatic carbocycles. The standard InChI is InChI=1S/C31H29.C13H21.2C7H7.CH2.2ClH.Zr/c1-18-11-20(3)30(21(4)12-18)24-7-9-28-26(15-24)17-27-16-25(8-10-29(27)28)31-22(5)13-19(2)14-23(31)6;1-5-6-7-11-8-9-12(10-11)13(2,3)4;2*1-7-5-3-2-4-6-7;;;;/h7-15H,17H2,1-6H3;9-11H,5-7H2,1-4H3;2*3-6H,1H3;1H2;2*1H;/q4*-1;;;;. The van der Waals surface area contributed by atoms with E-state index in [0.29, 0.717) is 11.3 Å². The second-order valence-corrected chi connectivity index (χ2v) is 17.4. The van der Waals surface area contributed by atoms with Gasteiger partial charge in [-0.05, 0) is 75.8 Å². The Labute approximate surface area is 404 Å². The van der Waals surface area contributed by atoms with E-state index in [1.165, 1.54) is 138 Å². The Balaban J connectivity index is 0.000000350. The first kappa shape index (κ1) is 54.3. The van der Waals surface area contributed by atoms with Crippen molar-refractivity contribution in [1.29, 1.82) is 0 Å². The first-order chi connectivity index (χ1) is 28.6. The van der Waals surface area contributed by atoms with Crippen LogP contribution >= 0.6 is 24.8 Å². The molecule has 326 valence electrons. The van der Waals surface area contributed by atoms with Crippen molar-refractivity contribution in [2.45, 2.75) is 109 Å². The van der Waals surface area contributed by atoms with Gasteiger partial charge in [0.15, 0.2) is 0 Å². The molecule has 0 bridgehead atoms. The molecule has 0 radical (unpaired) electrons. The Morgan fingerprint density at radius 1 is 0.613 bits per heavy atom. The SMILES string of the molecule is CCCCC1[C-]=CC(C(C)(C)C)=C1.Cc1cc(C)c(-c2[c-]c3c(cc2)-c2ccc(-c4c(C)cc(C)cc4C)cc2C3)c(C)c1.Cc1cc[c-]cc1.Cc1cc[c-]cc1.Cl.Cl.[CH2]=[Zr]. The summed E-state index contributed by atoms with van der Waals surface area (Å²) in [4.78, 5) is 0. The maximum atomic E-state index is 3.78. The zero-order valence-corrected chi connectivity index (χ0v) is 43.5. The van der Waals surface area contributed by atoms with Gasteiger partial charge in [0.05, 0.1) is 0 Å². The summed E-state index contributed by atoms with van der Waals surface area (Å²) in [5, 5.41) is 0. The van der Waals surface area contributed by atoms with E-state index in [0.717, 1.165) is 6.42 Å². The van der Waals surface area contributed by atoms with Gasteiger partial charge in [-0.1, -0.05) is 154 Å². The van der Waals surface area contributed by atoms with E-state index < -0.39 is 0 Å². The Hall–Kier alpha value is -3.87. The predicted octanol–water partition coefficient (Wildman–Crippen LogP) is 16.8. The molecule has 0 saturated carbocycles. The monoisotopic (exact) mass is 936 g/mol. The average Bonchev–Trinajstić information content (AvgIpc) is 3.83. The normalized spacial score (nSPS) is 12.7. The van der Waals surface area contributed by atoms with Crippen LogP contribution in [0.15, 0.2) is 121 Å². The van der Waals surface area contributed by atoms with Gasteiger partial charge in [0.1, 0.15) is 0 Å². The number of unbranched alkanes of at least 4 members (excludes halogenated alkanes) is 1. The molecule has 0 aliphatic heterocycles. The van der Waals surface area contributed by atoms with E-state index in [1.54, 1.807) is 0 Å². The molecule has 1 unspecified atom stereocenters. The van der Waals surface area contributed by atoms with E-state index in [9.17, 15) is 0 Å². The van der Waals surface area contributed by atoms with Gasteiger partial charge in [-0.2, -0.15) is 83.4 Å². The van der Waals surface area contributed by atoms with Crippen LogP contribution in [-0.2, 0) is 30.7 Å². The fraction of sp³-hybridized carbons (Fsp3) is 0.305. The van der Waals surface area contributed by atoms with E-state index in [-0.39, 0.29) is 24.8 Å². The molecule has 6 aromatic rings. The first-order valence-electron chi connectivity index (χ1n) is 21.5. The number of aryl methyl sites for hydroxylation is 8. The summed E-state index contributed by atoms with van der Waals surface area (Å²) < 4.78 is 3.34. The summed E-state index contributed by atoms with van der Waals surface area (Å²) in [6.45, 7) is 26.4. The molecule has 2 aliphatic carbocycles. The molecule has 1 atom stereocenters. The summed E-state index contributed by atoms with van der Waals surface area (Å²) in [5.41, 5.74) is 23.0. The number of rotatable bonds is 5. The molecule has 0 aromatic heterocycles. The minimum absolute atomic E-state index is 0. The molecule has 0 fully saturated rings. The first-order valence-corrected chi connectivity index (χ1v) is 23.3. The van der Waals surface area contributed by atoms with Crippen molar-refractivity contribution in [3.63, 3.8) is 0 Å². The second kappa shape index (κ2) is 26.0. The van der Waals surface area contributed by atoms with Crippen molar-refractivity contribution in [3.05, 3.63) is 201 Å². The summed E-state index contributed by atoms with van der Waals surface area (Å²) in [5.74, 6) is 0.592. The third-order valence-electron chi connectivity index (χ3n) is 11.0. The summed E-state index contributed by atoms with van der Waals surface area (Å²) in [6, 6.07) is 46.1. The Morgan fingerprint density at radius 2 is 1.10 bits per heavy atom. The number of fused-ring (bicyclic) bond motifs is 3. The zero-order valence-electron chi connectivity index (χ0n) is 39.4. The number of hydrogen-bond acceptors (Lipinski definition) is 0. The van der Waals surface area contributed by atoms with Crippen LogP contribution in [0.25, 0.3) is 33.4 Å². The molecule has 0 amide bonds. The zero-order chi connectivity index (χ0) is 44.0. The van der Waals surface area contributed by atoms with Crippen LogP contribution in [-0.4, -0.2) is 4.21 Å². The van der Waals surface area contributed by atoms with Crippen LogP contribution in [0.3, 0.4) is 0 Å². The van der Waals surface area contributed by atoms with Gasteiger partial charge >= 0.3 is 28.4 Å². The molecule has 2 aliphatic rings. The molecule has 0 heterocycles. The van der Waals surface area contributed by atoms with E-state index in [2.05, 4.69) is 178 Å². The quantitative estimate of drug-likeness (QED) is 0.151. The fourth-order valence-electron chi connectivity index (χ4n) is 8.17. The van der Waals surface area contributed by atoms with Crippen LogP contribution in [0.1, 0.15) is 103 Å². The fourth-order valence-corrected chi connectivity index (χ4v) is 8.17. The van der Waals surface area contributed by atoms with Crippen molar-refractivity contribution in [2.24, 2.45) is 11.3 Å². The molecule has 0 spiro atoms. The Morgan fingerprint density at radius 3 is 1.53 bits per heavy atom. The molecular weight excluding hydrogens is 871 g/mol. The van der Waals surface area contributed by atoms with Crippen LogP contribution in [0.2, 0.25) is 0 Å².